The molecule has 3 rings (SSSR count). The van der Waals surface area contributed by atoms with Gasteiger partial charge in [-0.05, 0) is 30.9 Å². The molecule has 1 aliphatic heterocycles. The fourth-order valence-electron chi connectivity index (χ4n) is 3.45. The Morgan fingerprint density at radius 2 is 2.08 bits per heavy atom. The predicted octanol–water partition coefficient (Wildman–Crippen LogP) is 2.43. The van der Waals surface area contributed by atoms with Crippen molar-refractivity contribution in [2.75, 3.05) is 12.9 Å². The third-order valence-electron chi connectivity index (χ3n) is 4.38. The van der Waals surface area contributed by atoms with Gasteiger partial charge in [0.15, 0.2) is 0 Å². The normalized spacial score (nSPS) is 17.4. The molecule has 2 heterocycles. The molecule has 1 unspecified atom stereocenters. The molecule has 0 fully saturated rings. The molecule has 1 aromatic carbocycles. The van der Waals surface area contributed by atoms with E-state index in [1.54, 1.807) is 0 Å². The van der Waals surface area contributed by atoms with Crippen molar-refractivity contribution in [1.82, 2.24) is 4.57 Å². The lowest BCUT2D eigenvalue weighted by atomic mass is 10.0. The zero-order chi connectivity index (χ0) is 18.0. The SMILES string of the molecule is CCCOC(=O)Cc1c2n(c3ccccc13)CC(OS(C)(=O)=O)CC2. The van der Waals surface area contributed by atoms with Crippen LogP contribution in [-0.4, -0.2) is 37.9 Å². The summed E-state index contributed by atoms with van der Waals surface area (Å²) in [5.74, 6) is -0.226. The number of nitrogens with zero attached hydrogens (tertiary/aromatic N) is 1. The number of para-hydroxylation sites is 1. The predicted molar refractivity (Wildman–Crippen MR) is 94.9 cm³/mol. The number of benzene rings is 1. The highest BCUT2D eigenvalue weighted by Gasteiger charge is 2.28. The topological polar surface area (TPSA) is 74.6 Å². The average molecular weight is 365 g/mol. The van der Waals surface area contributed by atoms with E-state index in [1.807, 2.05) is 31.2 Å². The molecule has 1 aromatic heterocycles. The number of rotatable bonds is 6. The van der Waals surface area contributed by atoms with Gasteiger partial charge in [-0.2, -0.15) is 8.42 Å². The molecule has 1 aliphatic rings. The highest BCUT2D eigenvalue weighted by Crippen LogP contribution is 2.32. The molecule has 1 atom stereocenters. The van der Waals surface area contributed by atoms with E-state index in [9.17, 15) is 13.2 Å². The maximum atomic E-state index is 12.1. The van der Waals surface area contributed by atoms with E-state index in [-0.39, 0.29) is 18.5 Å². The zero-order valence-corrected chi connectivity index (χ0v) is 15.3. The van der Waals surface area contributed by atoms with Crippen molar-refractivity contribution < 1.29 is 22.1 Å². The molecule has 25 heavy (non-hydrogen) atoms. The minimum Gasteiger partial charge on any atom is -0.465 e. The van der Waals surface area contributed by atoms with Gasteiger partial charge in [0.2, 0.25) is 0 Å². The highest BCUT2D eigenvalue weighted by molar-refractivity contribution is 7.86. The summed E-state index contributed by atoms with van der Waals surface area (Å²) in [5.41, 5.74) is 3.05. The third-order valence-corrected chi connectivity index (χ3v) is 5.00. The van der Waals surface area contributed by atoms with Crippen LogP contribution >= 0.6 is 0 Å². The Kier molecular flexibility index (Phi) is 5.15. The van der Waals surface area contributed by atoms with Crippen LogP contribution in [0.15, 0.2) is 24.3 Å². The van der Waals surface area contributed by atoms with Gasteiger partial charge in [-0.15, -0.1) is 0 Å². The number of carbonyl (C=O) groups is 1. The highest BCUT2D eigenvalue weighted by atomic mass is 32.2. The summed E-state index contributed by atoms with van der Waals surface area (Å²) in [7, 11) is -3.49. The molecule has 136 valence electrons. The van der Waals surface area contributed by atoms with Crippen LogP contribution in [0.4, 0.5) is 0 Å². The molecule has 2 aromatic rings. The largest absolute Gasteiger partial charge is 0.465 e. The summed E-state index contributed by atoms with van der Waals surface area (Å²) in [6, 6.07) is 7.87. The fraction of sp³-hybridized carbons (Fsp3) is 0.500. The van der Waals surface area contributed by atoms with Gasteiger partial charge in [0, 0.05) is 16.6 Å². The molecule has 0 aliphatic carbocycles. The smallest absolute Gasteiger partial charge is 0.310 e. The second-order valence-corrected chi connectivity index (χ2v) is 8.01. The standard InChI is InChI=1S/C18H23NO5S/c1-3-10-23-18(20)11-15-14-6-4-5-7-16(14)19-12-13(8-9-17(15)19)24-25(2,21)22/h4-7,13H,3,8-12H2,1-2H3. The lowest BCUT2D eigenvalue weighted by molar-refractivity contribution is -0.142. The number of hydrogen-bond donors (Lipinski definition) is 0. The van der Waals surface area contributed by atoms with Gasteiger partial charge in [-0.1, -0.05) is 25.1 Å². The first kappa shape index (κ1) is 17.9. The number of aromatic nitrogens is 1. The fourth-order valence-corrected chi connectivity index (χ4v) is 4.10. The van der Waals surface area contributed by atoms with Gasteiger partial charge in [-0.25, -0.2) is 0 Å². The van der Waals surface area contributed by atoms with E-state index >= 15 is 0 Å². The summed E-state index contributed by atoms with van der Waals surface area (Å²) in [4.78, 5) is 12.1. The van der Waals surface area contributed by atoms with Crippen molar-refractivity contribution >= 4 is 27.0 Å². The minimum atomic E-state index is -3.49. The second kappa shape index (κ2) is 7.17. The van der Waals surface area contributed by atoms with Crippen LogP contribution in [0.2, 0.25) is 0 Å². The van der Waals surface area contributed by atoms with Crippen LogP contribution in [-0.2, 0) is 43.2 Å². The Hall–Kier alpha value is -1.86. The van der Waals surface area contributed by atoms with Gasteiger partial charge in [0.25, 0.3) is 10.1 Å². The summed E-state index contributed by atoms with van der Waals surface area (Å²) < 4.78 is 35.4. The van der Waals surface area contributed by atoms with Crippen LogP contribution in [0, 0.1) is 0 Å². The first-order valence-electron chi connectivity index (χ1n) is 8.52. The summed E-state index contributed by atoms with van der Waals surface area (Å²) in [6.07, 6.45) is 3.01. The lowest BCUT2D eigenvalue weighted by Gasteiger charge is -2.25. The lowest BCUT2D eigenvalue weighted by Crippen LogP contribution is -2.29. The van der Waals surface area contributed by atoms with Crippen LogP contribution in [0.1, 0.15) is 31.0 Å². The number of hydrogen-bond acceptors (Lipinski definition) is 5. The van der Waals surface area contributed by atoms with Gasteiger partial charge in [0.05, 0.1) is 31.9 Å². The van der Waals surface area contributed by atoms with Gasteiger partial charge in [-0.3, -0.25) is 8.98 Å². The summed E-state index contributed by atoms with van der Waals surface area (Å²) in [6.45, 7) is 2.86. The first-order chi connectivity index (χ1) is 11.9. The third kappa shape index (κ3) is 4.04. The van der Waals surface area contributed by atoms with Crippen LogP contribution in [0.5, 0.6) is 0 Å². The van der Waals surface area contributed by atoms with Crippen LogP contribution < -0.4 is 0 Å². The van der Waals surface area contributed by atoms with Crippen LogP contribution in [0.3, 0.4) is 0 Å². The molecule has 0 bridgehead atoms. The Balaban J connectivity index is 1.94. The van der Waals surface area contributed by atoms with E-state index < -0.39 is 10.1 Å². The van der Waals surface area contributed by atoms with Crippen molar-refractivity contribution in [2.45, 2.75) is 45.3 Å². The Morgan fingerprint density at radius 3 is 2.80 bits per heavy atom. The van der Waals surface area contributed by atoms with Crippen LogP contribution in [0.25, 0.3) is 10.9 Å². The maximum absolute atomic E-state index is 12.1. The molecule has 0 radical (unpaired) electrons. The number of esters is 1. The van der Waals surface area contributed by atoms with Gasteiger partial charge >= 0.3 is 5.97 Å². The molecular formula is C18H23NO5S. The van der Waals surface area contributed by atoms with Crippen molar-refractivity contribution in [3.8, 4) is 0 Å². The number of fused-ring (bicyclic) bond motifs is 3. The molecule has 0 spiro atoms. The zero-order valence-electron chi connectivity index (χ0n) is 14.5. The van der Waals surface area contributed by atoms with E-state index in [0.29, 0.717) is 26.0 Å². The van der Waals surface area contributed by atoms with Gasteiger partial charge < -0.3 is 9.30 Å². The minimum absolute atomic E-state index is 0.226. The van der Waals surface area contributed by atoms with Crippen molar-refractivity contribution in [2.24, 2.45) is 0 Å². The van der Waals surface area contributed by atoms with E-state index in [4.69, 9.17) is 8.92 Å². The Morgan fingerprint density at radius 1 is 1.32 bits per heavy atom. The molecule has 6 nitrogen and oxygen atoms in total. The first-order valence-corrected chi connectivity index (χ1v) is 10.3. The molecule has 0 saturated carbocycles. The molecule has 0 saturated heterocycles. The second-order valence-electron chi connectivity index (χ2n) is 6.41. The Bertz CT molecular complexity index is 884. The monoisotopic (exact) mass is 365 g/mol. The average Bonchev–Trinajstić information content (AvgIpc) is 2.85. The molecule has 0 amide bonds. The number of ether oxygens (including phenoxy) is 1. The van der Waals surface area contributed by atoms with E-state index in [0.717, 1.165) is 34.8 Å². The maximum Gasteiger partial charge on any atom is 0.310 e. The summed E-state index contributed by atoms with van der Waals surface area (Å²) in [5, 5.41) is 1.02. The van der Waals surface area contributed by atoms with E-state index in [2.05, 4.69) is 4.57 Å². The van der Waals surface area contributed by atoms with Crippen molar-refractivity contribution in [3.63, 3.8) is 0 Å². The molecule has 7 heteroatoms. The molecule has 0 N–H and O–H groups in total. The summed E-state index contributed by atoms with van der Waals surface area (Å²) >= 11 is 0. The van der Waals surface area contributed by atoms with Crippen molar-refractivity contribution in [1.29, 1.82) is 0 Å². The van der Waals surface area contributed by atoms with E-state index in [1.165, 1.54) is 0 Å². The van der Waals surface area contributed by atoms with Crippen molar-refractivity contribution in [3.05, 3.63) is 35.5 Å². The van der Waals surface area contributed by atoms with Gasteiger partial charge in [0.1, 0.15) is 0 Å². The quantitative estimate of drug-likeness (QED) is 0.581. The molecular weight excluding hydrogens is 342 g/mol. The Labute approximate surface area is 147 Å². The number of carbonyl (C=O) groups excluding carboxylic acids is 1.